The number of hydrogen-bond donors (Lipinski definition) is 1. The number of nitrogens with two attached hydrogens (primary N) is 1. The highest BCUT2D eigenvalue weighted by molar-refractivity contribution is 5.95. The van der Waals surface area contributed by atoms with Crippen LogP contribution in [0.4, 0.5) is 0 Å². The van der Waals surface area contributed by atoms with Crippen LogP contribution in [-0.4, -0.2) is 39.7 Å². The third-order valence-corrected chi connectivity index (χ3v) is 4.49. The molecule has 1 aliphatic rings. The van der Waals surface area contributed by atoms with Gasteiger partial charge in [0, 0.05) is 19.1 Å². The summed E-state index contributed by atoms with van der Waals surface area (Å²) in [5, 5.41) is 4.43. The molecular formula is C17H22N4O. The number of likely N-dealkylation sites (tertiary alicyclic amines) is 1. The maximum Gasteiger partial charge on any atom is 0.257 e. The Hall–Kier alpha value is -2.14. The monoisotopic (exact) mass is 298 g/mol. The van der Waals surface area contributed by atoms with Gasteiger partial charge in [-0.05, 0) is 38.3 Å². The number of nitrogens with zero attached hydrogens (tertiary/aromatic N) is 3. The van der Waals surface area contributed by atoms with E-state index in [2.05, 4.69) is 5.10 Å². The van der Waals surface area contributed by atoms with Gasteiger partial charge in [-0.15, -0.1) is 0 Å². The fourth-order valence-corrected chi connectivity index (χ4v) is 3.17. The van der Waals surface area contributed by atoms with Gasteiger partial charge in [0.25, 0.3) is 5.91 Å². The third-order valence-electron chi connectivity index (χ3n) is 4.49. The molecule has 22 heavy (non-hydrogen) atoms. The summed E-state index contributed by atoms with van der Waals surface area (Å²) in [5.74, 6) is 0.0466. The molecule has 1 fully saturated rings. The molecule has 2 N–H and O–H groups in total. The van der Waals surface area contributed by atoms with Gasteiger partial charge in [0.05, 0.1) is 23.1 Å². The van der Waals surface area contributed by atoms with E-state index in [-0.39, 0.29) is 11.9 Å². The summed E-state index contributed by atoms with van der Waals surface area (Å²) in [6.45, 7) is 5.30. The van der Waals surface area contributed by atoms with E-state index in [0.717, 1.165) is 36.3 Å². The van der Waals surface area contributed by atoms with Crippen LogP contribution in [0.5, 0.6) is 0 Å². The smallest absolute Gasteiger partial charge is 0.257 e. The van der Waals surface area contributed by atoms with Crippen molar-refractivity contribution in [3.05, 3.63) is 47.3 Å². The summed E-state index contributed by atoms with van der Waals surface area (Å²) in [4.78, 5) is 14.7. The minimum absolute atomic E-state index is 0.0466. The lowest BCUT2D eigenvalue weighted by molar-refractivity contribution is 0.0740. The second kappa shape index (κ2) is 5.93. The number of carbonyl (C=O) groups is 1. The van der Waals surface area contributed by atoms with Crippen LogP contribution in [0.1, 0.15) is 34.5 Å². The van der Waals surface area contributed by atoms with Crippen LogP contribution in [0.25, 0.3) is 5.69 Å². The molecule has 1 aromatic carbocycles. The van der Waals surface area contributed by atoms with Crippen LogP contribution >= 0.6 is 0 Å². The highest BCUT2D eigenvalue weighted by Crippen LogP contribution is 2.23. The van der Waals surface area contributed by atoms with Crippen LogP contribution in [-0.2, 0) is 0 Å². The third kappa shape index (κ3) is 2.41. The number of rotatable bonds is 3. The van der Waals surface area contributed by atoms with E-state index in [0.29, 0.717) is 12.1 Å². The van der Waals surface area contributed by atoms with Gasteiger partial charge in [-0.1, -0.05) is 18.2 Å². The molecule has 1 saturated heterocycles. The van der Waals surface area contributed by atoms with Crippen molar-refractivity contribution >= 4 is 5.91 Å². The lowest BCUT2D eigenvalue weighted by Crippen LogP contribution is -2.40. The molecule has 3 rings (SSSR count). The molecule has 0 spiro atoms. The first-order chi connectivity index (χ1) is 10.6. The maximum atomic E-state index is 12.8. The number of carbonyl (C=O) groups excluding carboxylic acids is 1. The van der Waals surface area contributed by atoms with Crippen LogP contribution in [0.15, 0.2) is 30.5 Å². The highest BCUT2D eigenvalue weighted by Gasteiger charge is 2.30. The Morgan fingerprint density at radius 3 is 2.86 bits per heavy atom. The molecule has 1 atom stereocenters. The molecule has 5 nitrogen and oxygen atoms in total. The van der Waals surface area contributed by atoms with Crippen molar-refractivity contribution in [2.75, 3.05) is 13.1 Å². The number of hydrogen-bond acceptors (Lipinski definition) is 3. The van der Waals surface area contributed by atoms with Gasteiger partial charge >= 0.3 is 0 Å². The molecule has 1 aliphatic heterocycles. The molecule has 0 aliphatic carbocycles. The molecule has 116 valence electrons. The molecular weight excluding hydrogens is 276 g/mol. The Balaban J connectivity index is 1.94. The van der Waals surface area contributed by atoms with E-state index in [1.165, 1.54) is 0 Å². The van der Waals surface area contributed by atoms with E-state index in [9.17, 15) is 4.79 Å². The summed E-state index contributed by atoms with van der Waals surface area (Å²) in [6, 6.07) is 8.20. The molecule has 1 aromatic heterocycles. The molecule has 2 aromatic rings. The standard InChI is InChI=1S/C17H22N4O/c1-12-6-3-4-8-16(12)21-13(2)15(11-19-21)17(22)20-9-5-7-14(20)10-18/h3-4,6,8,11,14H,5,7,9-10,18H2,1-2H3. The maximum absolute atomic E-state index is 12.8. The van der Waals surface area contributed by atoms with Gasteiger partial charge in [0.1, 0.15) is 0 Å². The first-order valence-electron chi connectivity index (χ1n) is 7.75. The van der Waals surface area contributed by atoms with E-state index in [1.54, 1.807) is 6.20 Å². The largest absolute Gasteiger partial charge is 0.334 e. The van der Waals surface area contributed by atoms with Crippen molar-refractivity contribution in [1.82, 2.24) is 14.7 Å². The summed E-state index contributed by atoms with van der Waals surface area (Å²) >= 11 is 0. The van der Waals surface area contributed by atoms with Crippen LogP contribution in [0.2, 0.25) is 0 Å². The van der Waals surface area contributed by atoms with Gasteiger partial charge in [0.2, 0.25) is 0 Å². The van der Waals surface area contributed by atoms with Gasteiger partial charge < -0.3 is 10.6 Å². The second-order valence-electron chi connectivity index (χ2n) is 5.87. The molecule has 0 bridgehead atoms. The minimum Gasteiger partial charge on any atom is -0.334 e. The first-order valence-corrected chi connectivity index (χ1v) is 7.75. The van der Waals surface area contributed by atoms with Crippen molar-refractivity contribution in [2.24, 2.45) is 5.73 Å². The van der Waals surface area contributed by atoms with Crippen molar-refractivity contribution in [1.29, 1.82) is 0 Å². The summed E-state index contributed by atoms with van der Waals surface area (Å²) in [7, 11) is 0. The Bertz CT molecular complexity index is 692. The highest BCUT2D eigenvalue weighted by atomic mass is 16.2. The molecule has 1 unspecified atom stereocenters. The Morgan fingerprint density at radius 2 is 2.14 bits per heavy atom. The fourth-order valence-electron chi connectivity index (χ4n) is 3.17. The van der Waals surface area contributed by atoms with E-state index in [4.69, 9.17) is 5.73 Å². The number of aromatic nitrogens is 2. The van der Waals surface area contributed by atoms with E-state index in [1.807, 2.05) is 47.7 Å². The summed E-state index contributed by atoms with van der Waals surface area (Å²) in [6.07, 6.45) is 3.70. The molecule has 1 amide bonds. The van der Waals surface area contributed by atoms with Crippen LogP contribution in [0.3, 0.4) is 0 Å². The van der Waals surface area contributed by atoms with Crippen molar-refractivity contribution in [2.45, 2.75) is 32.7 Å². The average Bonchev–Trinajstić information content (AvgIpc) is 3.14. The minimum atomic E-state index is 0.0466. The number of para-hydroxylation sites is 1. The first kappa shape index (κ1) is 14.8. The fraction of sp³-hybridized carbons (Fsp3) is 0.412. The summed E-state index contributed by atoms with van der Waals surface area (Å²) < 4.78 is 1.84. The van der Waals surface area contributed by atoms with Crippen molar-refractivity contribution in [3.63, 3.8) is 0 Å². The number of amides is 1. The van der Waals surface area contributed by atoms with Crippen LogP contribution in [0, 0.1) is 13.8 Å². The van der Waals surface area contributed by atoms with Crippen LogP contribution < -0.4 is 5.73 Å². The molecule has 5 heteroatoms. The average molecular weight is 298 g/mol. The quantitative estimate of drug-likeness (QED) is 0.943. The van der Waals surface area contributed by atoms with Gasteiger partial charge in [-0.25, -0.2) is 4.68 Å². The van der Waals surface area contributed by atoms with E-state index < -0.39 is 0 Å². The Kier molecular flexibility index (Phi) is 3.98. The topological polar surface area (TPSA) is 64.2 Å². The van der Waals surface area contributed by atoms with Gasteiger partial charge in [-0.3, -0.25) is 4.79 Å². The van der Waals surface area contributed by atoms with E-state index >= 15 is 0 Å². The molecule has 0 radical (unpaired) electrons. The Morgan fingerprint density at radius 1 is 1.36 bits per heavy atom. The number of aryl methyl sites for hydroxylation is 1. The zero-order valence-electron chi connectivity index (χ0n) is 13.1. The molecule has 2 heterocycles. The van der Waals surface area contributed by atoms with Crippen molar-refractivity contribution < 1.29 is 4.79 Å². The lowest BCUT2D eigenvalue weighted by atomic mass is 10.1. The zero-order chi connectivity index (χ0) is 15.7. The SMILES string of the molecule is Cc1ccccc1-n1ncc(C(=O)N2CCCC2CN)c1C. The van der Waals surface area contributed by atoms with Gasteiger partial charge in [-0.2, -0.15) is 5.10 Å². The predicted octanol–water partition coefficient (Wildman–Crippen LogP) is 2.05. The normalized spacial score (nSPS) is 18.0. The summed E-state index contributed by atoms with van der Waals surface area (Å²) in [5.41, 5.74) is 9.47. The lowest BCUT2D eigenvalue weighted by Gasteiger charge is -2.23. The molecule has 0 saturated carbocycles. The number of benzene rings is 1. The second-order valence-corrected chi connectivity index (χ2v) is 5.87. The zero-order valence-corrected chi connectivity index (χ0v) is 13.1. The van der Waals surface area contributed by atoms with Gasteiger partial charge in [0.15, 0.2) is 0 Å². The van der Waals surface area contributed by atoms with Crippen molar-refractivity contribution in [3.8, 4) is 5.69 Å². The predicted molar refractivity (Wildman–Crippen MR) is 86.2 cm³/mol. The Labute approximate surface area is 130 Å².